The lowest BCUT2D eigenvalue weighted by atomic mass is 10.0. The quantitative estimate of drug-likeness (QED) is 0.196. The first kappa shape index (κ1) is 24.8. The van der Waals surface area contributed by atoms with Gasteiger partial charge in [0.25, 0.3) is 0 Å². The molecule has 8 nitrogen and oxygen atoms in total. The number of hydrogen-bond donors (Lipinski definition) is 1. The second kappa shape index (κ2) is 12.4. The molecule has 0 aliphatic carbocycles. The molecule has 1 atom stereocenters. The molecular weight excluding hydrogens is 531 g/mol. The van der Waals surface area contributed by atoms with E-state index in [1.54, 1.807) is 0 Å². The Hall–Kier alpha value is -2.82. The van der Waals surface area contributed by atoms with E-state index in [1.807, 2.05) is 73.6 Å². The Kier molecular flexibility index (Phi) is 9.35. The first-order valence-electron chi connectivity index (χ1n) is 10.9. The third kappa shape index (κ3) is 7.08. The Morgan fingerprint density at radius 2 is 1.94 bits per heavy atom. The Labute approximate surface area is 212 Å². The van der Waals surface area contributed by atoms with Crippen LogP contribution in [0.1, 0.15) is 23.5 Å². The first-order chi connectivity index (χ1) is 15.7. The standard InChI is InChI=1S/C24H30N6O2.HI/c1-25-24(30-11-10-20(18-30)21-16-28-29(2)17-21)27-15-19-8-9-23(26-14-19)32-13-12-31-22-6-4-3-5-7-22;/h3-9,14,16-17,20H,10-13,15,18H2,1-2H3,(H,25,27);1H. The lowest BCUT2D eigenvalue weighted by Gasteiger charge is -2.21. The summed E-state index contributed by atoms with van der Waals surface area (Å²) in [6.07, 6.45) is 7.00. The third-order valence-electron chi connectivity index (χ3n) is 5.49. The lowest BCUT2D eigenvalue weighted by molar-refractivity contribution is 0.212. The summed E-state index contributed by atoms with van der Waals surface area (Å²) in [4.78, 5) is 11.2. The fourth-order valence-electron chi connectivity index (χ4n) is 3.81. The van der Waals surface area contributed by atoms with Crippen molar-refractivity contribution in [3.63, 3.8) is 0 Å². The fraction of sp³-hybridized carbons (Fsp3) is 0.375. The molecule has 33 heavy (non-hydrogen) atoms. The predicted molar refractivity (Wildman–Crippen MR) is 139 cm³/mol. The number of nitrogens with one attached hydrogen (secondary N) is 1. The van der Waals surface area contributed by atoms with E-state index in [4.69, 9.17) is 9.47 Å². The van der Waals surface area contributed by atoms with Crippen LogP contribution in [-0.2, 0) is 13.6 Å². The summed E-state index contributed by atoms with van der Waals surface area (Å²) in [6, 6.07) is 13.6. The number of rotatable bonds is 8. The Bertz CT molecular complexity index is 1010. The first-order valence-corrected chi connectivity index (χ1v) is 10.9. The summed E-state index contributed by atoms with van der Waals surface area (Å²) < 4.78 is 13.2. The Morgan fingerprint density at radius 1 is 1.12 bits per heavy atom. The van der Waals surface area contributed by atoms with Gasteiger partial charge in [-0.2, -0.15) is 5.10 Å². The number of likely N-dealkylation sites (tertiary alicyclic amines) is 1. The zero-order valence-electron chi connectivity index (χ0n) is 19.1. The number of aliphatic imine (C=N–C) groups is 1. The van der Waals surface area contributed by atoms with Gasteiger partial charge in [-0.15, -0.1) is 24.0 Å². The van der Waals surface area contributed by atoms with Crippen molar-refractivity contribution < 1.29 is 9.47 Å². The molecule has 1 aliphatic heterocycles. The number of halogens is 1. The van der Waals surface area contributed by atoms with E-state index < -0.39 is 0 Å². The minimum Gasteiger partial charge on any atom is -0.490 e. The highest BCUT2D eigenvalue weighted by atomic mass is 127. The van der Waals surface area contributed by atoms with Gasteiger partial charge in [0.05, 0.1) is 6.20 Å². The van der Waals surface area contributed by atoms with Crippen molar-refractivity contribution in [1.82, 2.24) is 25.0 Å². The van der Waals surface area contributed by atoms with Gasteiger partial charge in [-0.3, -0.25) is 9.67 Å². The van der Waals surface area contributed by atoms with Crippen molar-refractivity contribution >= 4 is 29.9 Å². The van der Waals surface area contributed by atoms with Gasteiger partial charge in [-0.1, -0.05) is 24.3 Å². The van der Waals surface area contributed by atoms with Gasteiger partial charge in [-0.25, -0.2) is 4.98 Å². The van der Waals surface area contributed by atoms with Crippen molar-refractivity contribution in [2.24, 2.45) is 12.0 Å². The number of hydrogen-bond acceptors (Lipinski definition) is 5. The number of ether oxygens (including phenoxy) is 2. The molecule has 1 aliphatic rings. The molecule has 1 saturated heterocycles. The van der Waals surface area contributed by atoms with Crippen LogP contribution >= 0.6 is 24.0 Å². The van der Waals surface area contributed by atoms with Crippen molar-refractivity contribution in [3.8, 4) is 11.6 Å². The van der Waals surface area contributed by atoms with E-state index >= 15 is 0 Å². The number of benzene rings is 1. The third-order valence-corrected chi connectivity index (χ3v) is 5.49. The van der Waals surface area contributed by atoms with Gasteiger partial charge in [0.15, 0.2) is 5.96 Å². The van der Waals surface area contributed by atoms with E-state index in [9.17, 15) is 0 Å². The van der Waals surface area contributed by atoms with Crippen LogP contribution < -0.4 is 14.8 Å². The van der Waals surface area contributed by atoms with Crippen LogP contribution in [0.5, 0.6) is 11.6 Å². The molecule has 0 spiro atoms. The summed E-state index contributed by atoms with van der Waals surface area (Å²) in [5.74, 6) is 2.83. The topological polar surface area (TPSA) is 76.8 Å². The zero-order valence-corrected chi connectivity index (χ0v) is 21.4. The van der Waals surface area contributed by atoms with E-state index in [-0.39, 0.29) is 24.0 Å². The van der Waals surface area contributed by atoms with Gasteiger partial charge >= 0.3 is 0 Å². The molecule has 1 aromatic carbocycles. The molecule has 0 radical (unpaired) electrons. The second-order valence-electron chi connectivity index (χ2n) is 7.79. The molecule has 1 fully saturated rings. The van der Waals surface area contributed by atoms with Crippen molar-refractivity contribution in [2.45, 2.75) is 18.9 Å². The Balaban J connectivity index is 0.00000306. The average Bonchev–Trinajstić information content (AvgIpc) is 3.48. The maximum atomic E-state index is 5.67. The van der Waals surface area contributed by atoms with E-state index in [0.29, 0.717) is 31.6 Å². The summed E-state index contributed by atoms with van der Waals surface area (Å²) in [5.41, 5.74) is 2.36. The minimum atomic E-state index is 0. The molecular formula is C24H31IN6O2. The van der Waals surface area contributed by atoms with Crippen molar-refractivity contribution in [3.05, 3.63) is 72.2 Å². The van der Waals surface area contributed by atoms with E-state index in [1.165, 1.54) is 5.56 Å². The molecule has 4 rings (SSSR count). The van der Waals surface area contributed by atoms with Gasteiger partial charge in [0, 0.05) is 58.1 Å². The largest absolute Gasteiger partial charge is 0.490 e. The number of nitrogens with zero attached hydrogens (tertiary/aromatic N) is 5. The van der Waals surface area contributed by atoms with Crippen LogP contribution in [0.2, 0.25) is 0 Å². The van der Waals surface area contributed by atoms with Gasteiger partial charge < -0.3 is 19.7 Å². The number of para-hydroxylation sites is 1. The molecule has 0 amide bonds. The van der Waals surface area contributed by atoms with Crippen LogP contribution in [0, 0.1) is 0 Å². The molecule has 2 aromatic heterocycles. The molecule has 176 valence electrons. The molecule has 0 bridgehead atoms. The normalized spacial score (nSPS) is 15.8. The summed E-state index contributed by atoms with van der Waals surface area (Å²) in [7, 11) is 3.78. The maximum absolute atomic E-state index is 5.67. The van der Waals surface area contributed by atoms with Gasteiger partial charge in [0.1, 0.15) is 19.0 Å². The summed E-state index contributed by atoms with van der Waals surface area (Å²) >= 11 is 0. The second-order valence-corrected chi connectivity index (χ2v) is 7.79. The molecule has 3 aromatic rings. The number of aryl methyl sites for hydroxylation is 1. The van der Waals surface area contributed by atoms with Crippen LogP contribution in [0.15, 0.2) is 66.0 Å². The molecule has 1 N–H and O–H groups in total. The highest BCUT2D eigenvalue weighted by molar-refractivity contribution is 14.0. The monoisotopic (exact) mass is 562 g/mol. The van der Waals surface area contributed by atoms with Crippen LogP contribution in [-0.4, -0.2) is 59.0 Å². The number of guanidine groups is 1. The minimum absolute atomic E-state index is 0. The lowest BCUT2D eigenvalue weighted by Crippen LogP contribution is -2.39. The fourth-order valence-corrected chi connectivity index (χ4v) is 3.81. The predicted octanol–water partition coefficient (Wildman–Crippen LogP) is 3.46. The smallest absolute Gasteiger partial charge is 0.213 e. The van der Waals surface area contributed by atoms with Crippen LogP contribution in [0.25, 0.3) is 0 Å². The number of aromatic nitrogens is 3. The highest BCUT2D eigenvalue weighted by Crippen LogP contribution is 2.26. The molecule has 0 saturated carbocycles. The SMILES string of the molecule is CN=C(NCc1ccc(OCCOc2ccccc2)nc1)N1CCC(c2cnn(C)c2)C1.I. The maximum Gasteiger partial charge on any atom is 0.213 e. The molecule has 1 unspecified atom stereocenters. The highest BCUT2D eigenvalue weighted by Gasteiger charge is 2.26. The molecule has 9 heteroatoms. The van der Waals surface area contributed by atoms with Crippen LogP contribution in [0.3, 0.4) is 0 Å². The zero-order chi connectivity index (χ0) is 22.2. The summed E-state index contributed by atoms with van der Waals surface area (Å²) in [5, 5.41) is 7.75. The summed E-state index contributed by atoms with van der Waals surface area (Å²) in [6.45, 7) is 3.50. The molecule has 3 heterocycles. The van der Waals surface area contributed by atoms with E-state index in [2.05, 4.69) is 31.5 Å². The Morgan fingerprint density at radius 3 is 2.64 bits per heavy atom. The van der Waals surface area contributed by atoms with Crippen molar-refractivity contribution in [2.75, 3.05) is 33.4 Å². The van der Waals surface area contributed by atoms with Crippen molar-refractivity contribution in [1.29, 1.82) is 0 Å². The average molecular weight is 562 g/mol. The number of pyridine rings is 1. The van der Waals surface area contributed by atoms with Crippen LogP contribution in [0.4, 0.5) is 0 Å². The van der Waals surface area contributed by atoms with Gasteiger partial charge in [0.2, 0.25) is 5.88 Å². The van der Waals surface area contributed by atoms with E-state index in [0.717, 1.165) is 36.8 Å². The van der Waals surface area contributed by atoms with Gasteiger partial charge in [-0.05, 0) is 29.7 Å².